The number of aromatic nitrogens is 3. The van der Waals surface area contributed by atoms with E-state index >= 15 is 0 Å². The van der Waals surface area contributed by atoms with Crippen LogP contribution < -0.4 is 0 Å². The fourth-order valence-corrected chi connectivity index (χ4v) is 1.49. The average molecular weight is 212 g/mol. The molecule has 0 unspecified atom stereocenters. The number of aryl methyl sites for hydroxylation is 1. The molecule has 0 aliphatic carbocycles. The Morgan fingerprint density at radius 3 is 2.60 bits per heavy atom. The van der Waals surface area contributed by atoms with E-state index in [1.54, 1.807) is 11.0 Å². The summed E-state index contributed by atoms with van der Waals surface area (Å²) in [5, 5.41) is 13.7. The molecular weight excluding hydrogens is 192 g/mol. The Kier molecular flexibility index (Phi) is 3.82. The summed E-state index contributed by atoms with van der Waals surface area (Å²) in [4.78, 5) is 6.30. The van der Waals surface area contributed by atoms with E-state index in [1.165, 1.54) is 0 Å². The molecule has 1 heterocycles. The lowest BCUT2D eigenvalue weighted by atomic mass is 10.1. The molecule has 86 valence electrons. The summed E-state index contributed by atoms with van der Waals surface area (Å²) in [5.74, 6) is 0.918. The summed E-state index contributed by atoms with van der Waals surface area (Å²) in [6, 6.07) is 0. The van der Waals surface area contributed by atoms with Crippen molar-refractivity contribution in [2.24, 2.45) is 7.05 Å². The van der Waals surface area contributed by atoms with Gasteiger partial charge in [0.05, 0.1) is 12.1 Å². The van der Waals surface area contributed by atoms with Crippen LogP contribution in [0, 0.1) is 0 Å². The normalized spacial score (nSPS) is 12.4. The summed E-state index contributed by atoms with van der Waals surface area (Å²) in [7, 11) is 1.88. The lowest BCUT2D eigenvalue weighted by Crippen LogP contribution is -2.38. The van der Waals surface area contributed by atoms with Crippen LogP contribution in [-0.4, -0.2) is 43.5 Å². The highest BCUT2D eigenvalue weighted by Gasteiger charge is 2.18. The first kappa shape index (κ1) is 12.1. The maximum Gasteiger partial charge on any atom is 0.140 e. The van der Waals surface area contributed by atoms with Crippen LogP contribution in [0.1, 0.15) is 26.6 Å². The highest BCUT2D eigenvalue weighted by molar-refractivity contribution is 4.84. The lowest BCUT2D eigenvalue weighted by molar-refractivity contribution is 0.0342. The van der Waals surface area contributed by atoms with E-state index < -0.39 is 5.60 Å². The number of likely N-dealkylation sites (N-methyl/N-ethyl adjacent to an activating group) is 1. The third-order valence-corrected chi connectivity index (χ3v) is 2.23. The van der Waals surface area contributed by atoms with E-state index in [0.717, 1.165) is 18.9 Å². The van der Waals surface area contributed by atoms with Gasteiger partial charge in [-0.3, -0.25) is 9.58 Å². The van der Waals surface area contributed by atoms with Crippen molar-refractivity contribution >= 4 is 0 Å². The molecule has 0 aliphatic heterocycles. The first-order valence-corrected chi connectivity index (χ1v) is 5.20. The van der Waals surface area contributed by atoms with Gasteiger partial charge in [0.25, 0.3) is 0 Å². The molecule has 1 aromatic rings. The molecule has 0 aromatic carbocycles. The van der Waals surface area contributed by atoms with E-state index in [9.17, 15) is 5.11 Å². The molecule has 5 heteroatoms. The van der Waals surface area contributed by atoms with Crippen LogP contribution in [0.2, 0.25) is 0 Å². The Morgan fingerprint density at radius 1 is 1.53 bits per heavy atom. The largest absolute Gasteiger partial charge is 0.389 e. The molecule has 0 amide bonds. The van der Waals surface area contributed by atoms with Gasteiger partial charge in [-0.25, -0.2) is 4.98 Å². The second-order valence-electron chi connectivity index (χ2n) is 4.42. The van der Waals surface area contributed by atoms with Crippen molar-refractivity contribution in [3.63, 3.8) is 0 Å². The van der Waals surface area contributed by atoms with E-state index in [-0.39, 0.29) is 0 Å². The Labute approximate surface area is 90.7 Å². The molecule has 0 aliphatic rings. The van der Waals surface area contributed by atoms with Crippen molar-refractivity contribution in [3.05, 3.63) is 12.2 Å². The molecule has 0 saturated heterocycles. The van der Waals surface area contributed by atoms with Crippen LogP contribution in [0.4, 0.5) is 0 Å². The zero-order valence-corrected chi connectivity index (χ0v) is 9.93. The molecule has 0 bridgehead atoms. The minimum atomic E-state index is -0.672. The van der Waals surface area contributed by atoms with Gasteiger partial charge in [-0.05, 0) is 20.4 Å². The van der Waals surface area contributed by atoms with Crippen LogP contribution in [0.25, 0.3) is 0 Å². The van der Waals surface area contributed by atoms with Gasteiger partial charge in [0.15, 0.2) is 0 Å². The number of hydrogen-bond acceptors (Lipinski definition) is 4. The van der Waals surface area contributed by atoms with Crippen LogP contribution in [0.15, 0.2) is 6.33 Å². The van der Waals surface area contributed by atoms with Gasteiger partial charge in [-0.15, -0.1) is 0 Å². The summed E-state index contributed by atoms with van der Waals surface area (Å²) < 4.78 is 1.76. The number of hydrogen-bond donors (Lipinski definition) is 1. The SMILES string of the molecule is CCN(Cc1ncnn1C)CC(C)(C)O. The third-order valence-electron chi connectivity index (χ3n) is 2.23. The molecule has 1 aromatic heterocycles. The number of nitrogens with zero attached hydrogens (tertiary/aromatic N) is 4. The maximum absolute atomic E-state index is 9.73. The smallest absolute Gasteiger partial charge is 0.140 e. The first-order valence-electron chi connectivity index (χ1n) is 5.20. The van der Waals surface area contributed by atoms with Gasteiger partial charge in [0.2, 0.25) is 0 Å². The van der Waals surface area contributed by atoms with Crippen molar-refractivity contribution < 1.29 is 5.11 Å². The Morgan fingerprint density at radius 2 is 2.20 bits per heavy atom. The van der Waals surface area contributed by atoms with E-state index in [1.807, 2.05) is 20.9 Å². The zero-order chi connectivity index (χ0) is 11.5. The van der Waals surface area contributed by atoms with Gasteiger partial charge < -0.3 is 5.11 Å². The monoisotopic (exact) mass is 212 g/mol. The molecule has 0 fully saturated rings. The third kappa shape index (κ3) is 3.97. The highest BCUT2D eigenvalue weighted by atomic mass is 16.3. The van der Waals surface area contributed by atoms with Crippen LogP contribution >= 0.6 is 0 Å². The van der Waals surface area contributed by atoms with E-state index in [0.29, 0.717) is 6.54 Å². The molecular formula is C10H20N4O. The molecule has 0 saturated carbocycles. The average Bonchev–Trinajstić information content (AvgIpc) is 2.48. The van der Waals surface area contributed by atoms with Gasteiger partial charge in [-0.1, -0.05) is 6.92 Å². The summed E-state index contributed by atoms with van der Waals surface area (Å²) in [6.07, 6.45) is 1.55. The van der Waals surface area contributed by atoms with Crippen molar-refractivity contribution in [1.29, 1.82) is 0 Å². The quantitative estimate of drug-likeness (QED) is 0.768. The second kappa shape index (κ2) is 4.72. The zero-order valence-electron chi connectivity index (χ0n) is 9.93. The van der Waals surface area contributed by atoms with Gasteiger partial charge in [-0.2, -0.15) is 5.10 Å². The first-order chi connectivity index (χ1) is 6.92. The van der Waals surface area contributed by atoms with E-state index in [2.05, 4.69) is 21.9 Å². The Bertz CT molecular complexity index is 303. The van der Waals surface area contributed by atoms with Crippen LogP contribution in [-0.2, 0) is 13.6 Å². The summed E-state index contributed by atoms with van der Waals surface area (Å²) >= 11 is 0. The molecule has 15 heavy (non-hydrogen) atoms. The van der Waals surface area contributed by atoms with Crippen LogP contribution in [0.3, 0.4) is 0 Å². The minimum absolute atomic E-state index is 0.635. The van der Waals surface area contributed by atoms with Crippen molar-refractivity contribution in [1.82, 2.24) is 19.7 Å². The molecule has 1 rings (SSSR count). The topological polar surface area (TPSA) is 54.2 Å². The lowest BCUT2D eigenvalue weighted by Gasteiger charge is -2.27. The predicted molar refractivity (Wildman–Crippen MR) is 58.3 cm³/mol. The second-order valence-corrected chi connectivity index (χ2v) is 4.42. The minimum Gasteiger partial charge on any atom is -0.389 e. The highest BCUT2D eigenvalue weighted by Crippen LogP contribution is 2.07. The molecule has 5 nitrogen and oxygen atoms in total. The molecule has 0 spiro atoms. The van der Waals surface area contributed by atoms with E-state index in [4.69, 9.17) is 0 Å². The Hall–Kier alpha value is -0.940. The molecule has 0 radical (unpaired) electrons. The van der Waals surface area contributed by atoms with Gasteiger partial charge >= 0.3 is 0 Å². The van der Waals surface area contributed by atoms with Crippen molar-refractivity contribution in [2.45, 2.75) is 32.9 Å². The predicted octanol–water partition coefficient (Wildman–Crippen LogP) is 0.408. The number of aliphatic hydroxyl groups is 1. The fourth-order valence-electron chi connectivity index (χ4n) is 1.49. The fraction of sp³-hybridized carbons (Fsp3) is 0.800. The van der Waals surface area contributed by atoms with Crippen molar-refractivity contribution in [2.75, 3.05) is 13.1 Å². The maximum atomic E-state index is 9.73. The summed E-state index contributed by atoms with van der Waals surface area (Å²) in [6.45, 7) is 7.94. The van der Waals surface area contributed by atoms with Crippen molar-refractivity contribution in [3.8, 4) is 0 Å². The molecule has 0 atom stereocenters. The summed E-state index contributed by atoms with van der Waals surface area (Å²) in [5.41, 5.74) is -0.672. The van der Waals surface area contributed by atoms with Gasteiger partial charge in [0.1, 0.15) is 12.2 Å². The standard InChI is InChI=1S/C10H20N4O/c1-5-14(7-10(2,3)15)6-9-11-8-12-13(9)4/h8,15H,5-7H2,1-4H3. The number of rotatable bonds is 5. The Balaban J connectivity index is 2.58. The van der Waals surface area contributed by atoms with Crippen LogP contribution in [0.5, 0.6) is 0 Å². The van der Waals surface area contributed by atoms with Gasteiger partial charge in [0, 0.05) is 13.6 Å². The molecule has 1 N–H and O–H groups in total.